The van der Waals surface area contributed by atoms with Crippen LogP contribution < -0.4 is 0 Å². The van der Waals surface area contributed by atoms with Gasteiger partial charge in [0.15, 0.2) is 0 Å². The van der Waals surface area contributed by atoms with E-state index in [9.17, 15) is 4.79 Å². The number of nitrogens with zero attached hydrogens (tertiary/aromatic N) is 1. The SMILES string of the molecule is BC1(C)CCCCC2C(C1)SC(=O)N2C. The summed E-state index contributed by atoms with van der Waals surface area (Å²) in [5.74, 6) is 0. The van der Waals surface area contributed by atoms with E-state index in [1.807, 2.05) is 11.9 Å². The maximum Gasteiger partial charge on any atom is 0.282 e. The van der Waals surface area contributed by atoms with E-state index >= 15 is 0 Å². The van der Waals surface area contributed by atoms with Crippen LogP contribution in [-0.4, -0.2) is 36.3 Å². The normalized spacial score (nSPS) is 42.3. The summed E-state index contributed by atoms with van der Waals surface area (Å²) in [6.07, 6.45) is 6.31. The van der Waals surface area contributed by atoms with Gasteiger partial charge >= 0.3 is 0 Å². The van der Waals surface area contributed by atoms with Gasteiger partial charge in [-0.1, -0.05) is 43.3 Å². The average molecular weight is 225 g/mol. The molecule has 1 heterocycles. The van der Waals surface area contributed by atoms with Gasteiger partial charge in [0.05, 0.1) is 0 Å². The van der Waals surface area contributed by atoms with Gasteiger partial charge in [0.25, 0.3) is 5.24 Å². The van der Waals surface area contributed by atoms with Gasteiger partial charge in [-0.15, -0.1) is 0 Å². The highest BCUT2D eigenvalue weighted by Crippen LogP contribution is 2.45. The highest BCUT2D eigenvalue weighted by Gasteiger charge is 2.41. The lowest BCUT2D eigenvalue weighted by molar-refractivity contribution is 0.210. The van der Waals surface area contributed by atoms with Crippen LogP contribution in [0.2, 0.25) is 5.31 Å². The van der Waals surface area contributed by atoms with Crippen molar-refractivity contribution in [2.75, 3.05) is 7.05 Å². The smallest absolute Gasteiger partial charge is 0.282 e. The van der Waals surface area contributed by atoms with Gasteiger partial charge in [0.2, 0.25) is 0 Å². The van der Waals surface area contributed by atoms with Crippen molar-refractivity contribution in [1.82, 2.24) is 4.90 Å². The number of hydrogen-bond donors (Lipinski definition) is 0. The summed E-state index contributed by atoms with van der Waals surface area (Å²) in [5, 5.41) is 1.24. The van der Waals surface area contributed by atoms with Gasteiger partial charge in [-0.25, -0.2) is 0 Å². The molecule has 0 N–H and O–H groups in total. The Hall–Kier alpha value is -0.115. The zero-order valence-corrected chi connectivity index (χ0v) is 10.8. The third kappa shape index (κ3) is 2.35. The minimum absolute atomic E-state index is 0.280. The van der Waals surface area contributed by atoms with E-state index in [-0.39, 0.29) is 5.24 Å². The Bertz CT molecular complexity index is 269. The molecule has 0 aromatic rings. The molecular weight excluding hydrogens is 205 g/mol. The van der Waals surface area contributed by atoms with Crippen molar-refractivity contribution in [2.45, 2.75) is 55.6 Å². The first-order chi connectivity index (χ1) is 6.99. The summed E-state index contributed by atoms with van der Waals surface area (Å²) in [4.78, 5) is 13.6. The number of fused-ring (bicyclic) bond motifs is 1. The molecule has 1 aliphatic carbocycles. The average Bonchev–Trinajstić information content (AvgIpc) is 2.35. The van der Waals surface area contributed by atoms with Crippen molar-refractivity contribution in [2.24, 2.45) is 0 Å². The topological polar surface area (TPSA) is 20.3 Å². The number of rotatable bonds is 0. The maximum atomic E-state index is 11.7. The summed E-state index contributed by atoms with van der Waals surface area (Å²) >= 11 is 1.57. The lowest BCUT2D eigenvalue weighted by atomic mass is 9.63. The Morgan fingerprint density at radius 1 is 1.53 bits per heavy atom. The Kier molecular flexibility index (Phi) is 3.06. The minimum atomic E-state index is 0.280. The highest BCUT2D eigenvalue weighted by molar-refractivity contribution is 8.14. The van der Waals surface area contributed by atoms with Crippen molar-refractivity contribution in [3.63, 3.8) is 0 Å². The molecule has 2 fully saturated rings. The molecule has 1 saturated carbocycles. The van der Waals surface area contributed by atoms with Crippen LogP contribution in [0.4, 0.5) is 4.79 Å². The van der Waals surface area contributed by atoms with Crippen molar-refractivity contribution in [3.8, 4) is 0 Å². The standard InChI is InChI=1S/C11H20BNOS/c1-11(12)6-4-3-5-8-9(7-11)15-10(14)13(8)2/h8-9H,3-7,12H2,1-2H3. The summed E-state index contributed by atoms with van der Waals surface area (Å²) in [5.41, 5.74) is 0. The van der Waals surface area contributed by atoms with Gasteiger partial charge in [0, 0.05) is 18.3 Å². The van der Waals surface area contributed by atoms with Crippen LogP contribution in [0.15, 0.2) is 0 Å². The van der Waals surface area contributed by atoms with Crippen LogP contribution in [0.3, 0.4) is 0 Å². The van der Waals surface area contributed by atoms with Crippen LogP contribution in [-0.2, 0) is 0 Å². The van der Waals surface area contributed by atoms with Crippen LogP contribution >= 0.6 is 11.8 Å². The van der Waals surface area contributed by atoms with Gasteiger partial charge in [-0.05, 0) is 12.8 Å². The molecule has 1 amide bonds. The molecule has 1 aliphatic heterocycles. The summed E-state index contributed by atoms with van der Waals surface area (Å²) in [7, 11) is 4.31. The molecule has 0 radical (unpaired) electrons. The fourth-order valence-corrected chi connectivity index (χ4v) is 4.41. The first kappa shape index (κ1) is 11.4. The molecule has 1 saturated heterocycles. The van der Waals surface area contributed by atoms with Crippen LogP contribution in [0.5, 0.6) is 0 Å². The van der Waals surface area contributed by atoms with E-state index < -0.39 is 0 Å². The molecule has 4 heteroatoms. The largest absolute Gasteiger partial charge is 0.333 e. The molecule has 2 aliphatic rings. The second-order valence-electron chi connectivity index (χ2n) is 5.71. The Morgan fingerprint density at radius 2 is 2.27 bits per heavy atom. The van der Waals surface area contributed by atoms with Gasteiger partial charge in [0.1, 0.15) is 7.85 Å². The molecule has 0 bridgehead atoms. The molecule has 84 valence electrons. The fraction of sp³-hybridized carbons (Fsp3) is 0.909. The van der Waals surface area contributed by atoms with Crippen molar-refractivity contribution >= 4 is 24.8 Å². The molecular formula is C11H20BNOS. The third-order valence-corrected chi connectivity index (χ3v) is 5.10. The summed E-state index contributed by atoms with van der Waals surface area (Å²) in [6, 6.07) is 0.502. The minimum Gasteiger partial charge on any atom is -0.333 e. The van der Waals surface area contributed by atoms with E-state index in [0.29, 0.717) is 16.6 Å². The number of carbonyl (C=O) groups is 1. The molecule has 3 atom stereocenters. The number of hydrogen-bond acceptors (Lipinski definition) is 2. The zero-order chi connectivity index (χ0) is 11.1. The van der Waals surface area contributed by atoms with E-state index in [2.05, 4.69) is 14.8 Å². The number of thioether (sulfide) groups is 1. The molecule has 15 heavy (non-hydrogen) atoms. The van der Waals surface area contributed by atoms with Crippen LogP contribution in [0, 0.1) is 0 Å². The quantitative estimate of drug-likeness (QED) is 0.589. The molecule has 3 unspecified atom stereocenters. The van der Waals surface area contributed by atoms with Crippen molar-refractivity contribution < 1.29 is 4.79 Å². The van der Waals surface area contributed by atoms with E-state index in [1.54, 1.807) is 11.8 Å². The van der Waals surface area contributed by atoms with E-state index in [4.69, 9.17) is 0 Å². The van der Waals surface area contributed by atoms with E-state index in [0.717, 1.165) is 0 Å². The molecule has 0 aromatic carbocycles. The van der Waals surface area contributed by atoms with Gasteiger partial charge in [-0.2, -0.15) is 0 Å². The van der Waals surface area contributed by atoms with Gasteiger partial charge in [-0.3, -0.25) is 4.79 Å². The molecule has 0 aromatic heterocycles. The van der Waals surface area contributed by atoms with E-state index in [1.165, 1.54) is 32.1 Å². The summed E-state index contributed by atoms with van der Waals surface area (Å²) < 4.78 is 0. The molecule has 2 rings (SSSR count). The van der Waals surface area contributed by atoms with Crippen molar-refractivity contribution in [3.05, 3.63) is 0 Å². The Balaban J connectivity index is 2.13. The summed E-state index contributed by atoms with van der Waals surface area (Å²) in [6.45, 7) is 2.35. The van der Waals surface area contributed by atoms with Gasteiger partial charge < -0.3 is 4.90 Å². The number of carbonyl (C=O) groups excluding carboxylic acids is 1. The first-order valence-corrected chi connectivity index (χ1v) is 6.81. The predicted octanol–water partition coefficient (Wildman–Crippen LogP) is 2.30. The molecule has 2 nitrogen and oxygen atoms in total. The molecule has 0 spiro atoms. The van der Waals surface area contributed by atoms with Crippen molar-refractivity contribution in [1.29, 1.82) is 0 Å². The van der Waals surface area contributed by atoms with Crippen LogP contribution in [0.1, 0.15) is 39.0 Å². The monoisotopic (exact) mass is 225 g/mol. The first-order valence-electron chi connectivity index (χ1n) is 5.93. The second-order valence-corrected chi connectivity index (χ2v) is 6.91. The van der Waals surface area contributed by atoms with Crippen LogP contribution in [0.25, 0.3) is 0 Å². The number of amides is 1. The maximum absolute atomic E-state index is 11.7. The fourth-order valence-electron chi connectivity index (χ4n) is 2.84. The lowest BCUT2D eigenvalue weighted by Crippen LogP contribution is -2.36. The highest BCUT2D eigenvalue weighted by atomic mass is 32.2. The Morgan fingerprint density at radius 3 is 3.00 bits per heavy atom. The third-order valence-electron chi connectivity index (χ3n) is 3.82. The lowest BCUT2D eigenvalue weighted by Gasteiger charge is -2.34. The Labute approximate surface area is 97.6 Å². The zero-order valence-electron chi connectivity index (χ0n) is 9.95. The second kappa shape index (κ2) is 4.04. The predicted molar refractivity (Wildman–Crippen MR) is 68.3 cm³/mol.